The summed E-state index contributed by atoms with van der Waals surface area (Å²) in [4.78, 5) is 0.319. The molecule has 4 atom stereocenters. The second kappa shape index (κ2) is 10.2. The van der Waals surface area contributed by atoms with Crippen molar-refractivity contribution in [3.05, 3.63) is 30.3 Å². The van der Waals surface area contributed by atoms with Crippen molar-refractivity contribution in [2.45, 2.75) is 37.2 Å². The van der Waals surface area contributed by atoms with Crippen LogP contribution >= 0.6 is 0 Å². The molecule has 0 aromatic heterocycles. The molecule has 0 heterocycles. The first-order chi connectivity index (χ1) is 11.8. The van der Waals surface area contributed by atoms with E-state index >= 15 is 0 Å². The zero-order valence-corrected chi connectivity index (χ0v) is 16.7. The van der Waals surface area contributed by atoms with Crippen LogP contribution in [0.3, 0.4) is 0 Å². The lowest BCUT2D eigenvalue weighted by Gasteiger charge is -2.35. The van der Waals surface area contributed by atoms with Gasteiger partial charge in [-0.2, -0.15) is 0 Å². The van der Waals surface area contributed by atoms with Gasteiger partial charge >= 0.3 is 0 Å². The van der Waals surface area contributed by atoms with Crippen molar-refractivity contribution < 1.29 is 27.4 Å². The highest BCUT2D eigenvalue weighted by Crippen LogP contribution is 2.27. The first-order valence-electron chi connectivity index (χ1n) is 8.21. The molecule has 0 bridgehead atoms. The molecule has 0 saturated carbocycles. The van der Waals surface area contributed by atoms with E-state index in [0.29, 0.717) is 4.90 Å². The molecule has 1 rings (SSSR count). The summed E-state index contributed by atoms with van der Waals surface area (Å²) in [5.41, 5.74) is 0. The topological polar surface area (TPSA) is 71.1 Å². The van der Waals surface area contributed by atoms with Crippen LogP contribution in [-0.4, -0.2) is 61.1 Å². The van der Waals surface area contributed by atoms with E-state index in [4.69, 9.17) is 18.9 Å². The first kappa shape index (κ1) is 22.1. The number of benzene rings is 1. The Bertz CT molecular complexity index is 585. The molecular weight excluding hydrogens is 344 g/mol. The number of sulfone groups is 1. The maximum absolute atomic E-state index is 12.6. The highest BCUT2D eigenvalue weighted by Gasteiger charge is 2.36. The predicted octanol–water partition coefficient (Wildman–Crippen LogP) is 2.38. The fraction of sp³-hybridized carbons (Fsp3) is 0.667. The molecule has 1 aromatic rings. The summed E-state index contributed by atoms with van der Waals surface area (Å²) in [6.07, 6.45) is -1.28. The lowest BCUT2D eigenvalue weighted by Crippen LogP contribution is -2.45. The molecule has 1 aromatic carbocycles. The van der Waals surface area contributed by atoms with Gasteiger partial charge in [0, 0.05) is 34.4 Å². The van der Waals surface area contributed by atoms with Crippen molar-refractivity contribution in [1.82, 2.24) is 0 Å². The number of ether oxygens (including phenoxy) is 4. The molecular formula is C18H30O6S. The molecule has 0 unspecified atom stereocenters. The van der Waals surface area contributed by atoms with E-state index in [0.717, 1.165) is 0 Å². The van der Waals surface area contributed by atoms with Gasteiger partial charge in [0.15, 0.2) is 16.1 Å². The molecule has 0 saturated heterocycles. The third-order valence-electron chi connectivity index (χ3n) is 4.46. The summed E-state index contributed by atoms with van der Waals surface area (Å²) in [6.45, 7) is 3.81. The van der Waals surface area contributed by atoms with Crippen molar-refractivity contribution in [2.24, 2.45) is 11.8 Å². The van der Waals surface area contributed by atoms with Crippen molar-refractivity contribution in [3.8, 4) is 0 Å². The minimum atomic E-state index is -3.40. The highest BCUT2D eigenvalue weighted by atomic mass is 32.2. The Kier molecular flexibility index (Phi) is 9.02. The van der Waals surface area contributed by atoms with Crippen LogP contribution in [0.2, 0.25) is 0 Å². The average Bonchev–Trinajstić information content (AvgIpc) is 2.60. The summed E-state index contributed by atoms with van der Waals surface area (Å²) in [5, 5.41) is 0. The molecule has 6 nitrogen and oxygen atoms in total. The Morgan fingerprint density at radius 2 is 1.36 bits per heavy atom. The molecule has 0 spiro atoms. The van der Waals surface area contributed by atoms with Crippen LogP contribution in [0.25, 0.3) is 0 Å². The predicted molar refractivity (Wildman–Crippen MR) is 96.2 cm³/mol. The first-order valence-corrected chi connectivity index (χ1v) is 9.86. The van der Waals surface area contributed by atoms with Crippen molar-refractivity contribution in [3.63, 3.8) is 0 Å². The van der Waals surface area contributed by atoms with Gasteiger partial charge in [0.1, 0.15) is 6.10 Å². The largest absolute Gasteiger partial charge is 0.381 e. The Labute approximate surface area is 151 Å². The minimum absolute atomic E-state index is 0.0130. The third kappa shape index (κ3) is 5.76. The van der Waals surface area contributed by atoms with Crippen LogP contribution in [-0.2, 0) is 28.8 Å². The second-order valence-electron chi connectivity index (χ2n) is 6.17. The van der Waals surface area contributed by atoms with Gasteiger partial charge in [-0.05, 0) is 18.1 Å². The van der Waals surface area contributed by atoms with Crippen LogP contribution in [0.5, 0.6) is 0 Å². The Hall–Kier alpha value is -0.990. The Morgan fingerprint density at radius 3 is 1.80 bits per heavy atom. The number of hydrogen-bond donors (Lipinski definition) is 0. The van der Waals surface area contributed by atoms with Gasteiger partial charge < -0.3 is 18.9 Å². The molecule has 0 aliphatic heterocycles. The molecule has 0 aliphatic carbocycles. The Morgan fingerprint density at radius 1 is 0.840 bits per heavy atom. The fourth-order valence-corrected chi connectivity index (χ4v) is 4.90. The molecule has 144 valence electrons. The van der Waals surface area contributed by atoms with Crippen LogP contribution in [0.15, 0.2) is 35.2 Å². The maximum Gasteiger partial charge on any atom is 0.183 e. The standard InChI is InChI=1S/C18H30O6S/c1-13(12-25(19,20)15-10-8-7-9-11-15)16(21-3)14(2)17(22-4)18(23-5)24-6/h7-11,13-14,16-18H,12H2,1-6H3/t13-,14+,16-,17-/m1/s1. The molecule has 0 amide bonds. The van der Waals surface area contributed by atoms with Gasteiger partial charge in [0.05, 0.1) is 16.8 Å². The van der Waals surface area contributed by atoms with Crippen LogP contribution < -0.4 is 0 Å². The normalized spacial score (nSPS) is 17.2. The summed E-state index contributed by atoms with van der Waals surface area (Å²) in [7, 11) is 2.84. The molecule has 7 heteroatoms. The average molecular weight is 374 g/mol. The maximum atomic E-state index is 12.6. The fourth-order valence-electron chi connectivity index (χ4n) is 3.26. The molecule has 0 radical (unpaired) electrons. The van der Waals surface area contributed by atoms with E-state index in [1.165, 1.54) is 14.2 Å². The van der Waals surface area contributed by atoms with Gasteiger partial charge in [0.25, 0.3) is 0 Å². The minimum Gasteiger partial charge on any atom is -0.381 e. The number of hydrogen-bond acceptors (Lipinski definition) is 6. The zero-order valence-electron chi connectivity index (χ0n) is 15.8. The number of rotatable bonds is 11. The number of methoxy groups -OCH3 is 4. The van der Waals surface area contributed by atoms with E-state index in [1.54, 1.807) is 44.6 Å². The quantitative estimate of drug-likeness (QED) is 0.554. The molecule has 25 heavy (non-hydrogen) atoms. The smallest absolute Gasteiger partial charge is 0.183 e. The van der Waals surface area contributed by atoms with Crippen molar-refractivity contribution >= 4 is 9.84 Å². The monoisotopic (exact) mass is 374 g/mol. The van der Waals surface area contributed by atoms with Gasteiger partial charge in [-0.25, -0.2) is 8.42 Å². The highest BCUT2D eigenvalue weighted by molar-refractivity contribution is 7.91. The lowest BCUT2D eigenvalue weighted by molar-refractivity contribution is -0.200. The summed E-state index contributed by atoms with van der Waals surface area (Å²) >= 11 is 0. The Balaban J connectivity index is 2.94. The van der Waals surface area contributed by atoms with Gasteiger partial charge in [-0.1, -0.05) is 32.0 Å². The van der Waals surface area contributed by atoms with E-state index in [2.05, 4.69) is 0 Å². The van der Waals surface area contributed by atoms with Gasteiger partial charge in [-0.15, -0.1) is 0 Å². The summed E-state index contributed by atoms with van der Waals surface area (Å²) in [6, 6.07) is 8.45. The summed E-state index contributed by atoms with van der Waals surface area (Å²) < 4.78 is 47.0. The van der Waals surface area contributed by atoms with Crippen LogP contribution in [0, 0.1) is 11.8 Å². The molecule has 0 aliphatic rings. The SMILES string of the molecule is COC(OC)[C@H](OC)[C@@H](C)[C@H](OC)[C@H](C)CS(=O)(=O)c1ccccc1. The summed E-state index contributed by atoms with van der Waals surface area (Å²) in [5.74, 6) is -0.390. The van der Waals surface area contributed by atoms with E-state index in [1.807, 2.05) is 13.8 Å². The molecule has 0 N–H and O–H groups in total. The van der Waals surface area contributed by atoms with Crippen LogP contribution in [0.1, 0.15) is 13.8 Å². The zero-order chi connectivity index (χ0) is 19.0. The van der Waals surface area contributed by atoms with E-state index < -0.39 is 16.1 Å². The van der Waals surface area contributed by atoms with Crippen molar-refractivity contribution in [1.29, 1.82) is 0 Å². The molecule has 0 fully saturated rings. The third-order valence-corrected chi connectivity index (χ3v) is 6.41. The lowest BCUT2D eigenvalue weighted by atomic mass is 9.89. The van der Waals surface area contributed by atoms with Gasteiger partial charge in [0.2, 0.25) is 0 Å². The van der Waals surface area contributed by atoms with E-state index in [9.17, 15) is 8.42 Å². The second-order valence-corrected chi connectivity index (χ2v) is 8.21. The van der Waals surface area contributed by atoms with Crippen LogP contribution in [0.4, 0.5) is 0 Å². The van der Waals surface area contributed by atoms with Gasteiger partial charge in [-0.3, -0.25) is 0 Å². The van der Waals surface area contributed by atoms with Crippen molar-refractivity contribution in [2.75, 3.05) is 34.2 Å². The van der Waals surface area contributed by atoms with E-state index in [-0.39, 0.29) is 29.8 Å².